The van der Waals surface area contributed by atoms with Gasteiger partial charge in [-0.1, -0.05) is 64.4 Å². The lowest BCUT2D eigenvalue weighted by molar-refractivity contribution is -0.118. The number of primary amides is 1. The molecule has 0 bridgehead atoms. The molecule has 200 valence electrons. The molecule has 1 fully saturated rings. The molecular weight excluding hydrogens is 466 g/mol. The van der Waals surface area contributed by atoms with Gasteiger partial charge in [-0.15, -0.1) is 0 Å². The van der Waals surface area contributed by atoms with Crippen LogP contribution in [0.2, 0.25) is 0 Å². The Morgan fingerprint density at radius 3 is 2.46 bits per heavy atom. The number of carbonyl (C=O) groups is 2. The number of hydrogen-bond acceptors (Lipinski definition) is 5. The van der Waals surface area contributed by atoms with Crippen molar-refractivity contribution in [2.75, 3.05) is 26.8 Å². The Morgan fingerprint density at radius 2 is 1.86 bits per heavy atom. The molecule has 0 radical (unpaired) electrons. The Kier molecular flexibility index (Phi) is 9.35. The van der Waals surface area contributed by atoms with Crippen LogP contribution in [0.1, 0.15) is 80.8 Å². The number of nitrogens with zero attached hydrogens (tertiary/aromatic N) is 1. The third-order valence-electron chi connectivity index (χ3n) is 6.93. The SMILES string of the molecule is CCCC1CN(CC(=O)c2cc(OCCCC(N)=O)c(OC)c(C(C)(C)C)c2)C(=N)C1c1ccccc1. The van der Waals surface area contributed by atoms with Crippen molar-refractivity contribution in [1.82, 2.24) is 4.90 Å². The molecule has 3 rings (SSSR count). The number of hydrogen-bond donors (Lipinski definition) is 2. The second kappa shape index (κ2) is 12.3. The van der Waals surface area contributed by atoms with E-state index in [1.165, 1.54) is 0 Å². The maximum Gasteiger partial charge on any atom is 0.217 e. The molecule has 37 heavy (non-hydrogen) atoms. The van der Waals surface area contributed by atoms with Gasteiger partial charge in [-0.3, -0.25) is 15.0 Å². The topological polar surface area (TPSA) is 106 Å². The lowest BCUT2D eigenvalue weighted by atomic mass is 9.84. The summed E-state index contributed by atoms with van der Waals surface area (Å²) in [7, 11) is 1.59. The predicted octanol–water partition coefficient (Wildman–Crippen LogP) is 5.31. The molecule has 7 nitrogen and oxygen atoms in total. The van der Waals surface area contributed by atoms with Crippen molar-refractivity contribution in [3.63, 3.8) is 0 Å². The molecule has 0 saturated carbocycles. The summed E-state index contributed by atoms with van der Waals surface area (Å²) in [4.78, 5) is 26.6. The van der Waals surface area contributed by atoms with Crippen molar-refractivity contribution in [3.8, 4) is 11.5 Å². The number of ketones is 1. The van der Waals surface area contributed by atoms with Crippen molar-refractivity contribution in [3.05, 3.63) is 59.2 Å². The van der Waals surface area contributed by atoms with Gasteiger partial charge in [-0.25, -0.2) is 0 Å². The van der Waals surface area contributed by atoms with E-state index in [0.717, 1.165) is 24.0 Å². The summed E-state index contributed by atoms with van der Waals surface area (Å²) < 4.78 is 11.7. The fourth-order valence-corrected chi connectivity index (χ4v) is 5.11. The summed E-state index contributed by atoms with van der Waals surface area (Å²) >= 11 is 0. The van der Waals surface area contributed by atoms with E-state index in [0.29, 0.717) is 41.8 Å². The van der Waals surface area contributed by atoms with Crippen LogP contribution < -0.4 is 15.2 Å². The van der Waals surface area contributed by atoms with Crippen LogP contribution in [0, 0.1) is 11.3 Å². The van der Waals surface area contributed by atoms with Gasteiger partial charge in [0.15, 0.2) is 17.3 Å². The third kappa shape index (κ3) is 6.90. The van der Waals surface area contributed by atoms with Crippen LogP contribution in [0.3, 0.4) is 0 Å². The largest absolute Gasteiger partial charge is 0.493 e. The highest BCUT2D eigenvalue weighted by molar-refractivity contribution is 6.01. The summed E-state index contributed by atoms with van der Waals surface area (Å²) in [5.74, 6) is 1.43. The Morgan fingerprint density at radius 1 is 1.16 bits per heavy atom. The lowest BCUT2D eigenvalue weighted by Crippen LogP contribution is -2.32. The molecule has 0 aliphatic carbocycles. The van der Waals surface area contributed by atoms with Gasteiger partial charge in [0.1, 0.15) is 5.84 Å². The summed E-state index contributed by atoms with van der Waals surface area (Å²) in [6.07, 6.45) is 2.75. The Bertz CT molecular complexity index is 1110. The van der Waals surface area contributed by atoms with E-state index in [1.54, 1.807) is 13.2 Å². The molecule has 2 atom stereocenters. The van der Waals surface area contributed by atoms with Crippen LogP contribution in [0.4, 0.5) is 0 Å². The van der Waals surface area contributed by atoms with Gasteiger partial charge in [0.2, 0.25) is 5.91 Å². The molecule has 1 saturated heterocycles. The zero-order valence-corrected chi connectivity index (χ0v) is 22.8. The summed E-state index contributed by atoms with van der Waals surface area (Å²) in [6.45, 7) is 9.46. The zero-order valence-electron chi connectivity index (χ0n) is 22.8. The number of amides is 1. The maximum absolute atomic E-state index is 13.6. The van der Waals surface area contributed by atoms with Crippen molar-refractivity contribution >= 4 is 17.5 Å². The number of benzene rings is 2. The normalized spacial score (nSPS) is 17.6. The number of nitrogens with one attached hydrogen (secondary N) is 1. The average Bonchev–Trinajstić information content (AvgIpc) is 3.15. The molecule has 1 aliphatic heterocycles. The summed E-state index contributed by atoms with van der Waals surface area (Å²) in [5.41, 5.74) is 7.48. The highest BCUT2D eigenvalue weighted by Gasteiger charge is 2.38. The highest BCUT2D eigenvalue weighted by Crippen LogP contribution is 2.41. The number of Topliss-reactive ketones (excluding diaryl/α,β-unsaturated/α-hetero) is 1. The Labute approximate surface area is 220 Å². The number of ether oxygens (including phenoxy) is 2. The van der Waals surface area contributed by atoms with Crippen LogP contribution >= 0.6 is 0 Å². The van der Waals surface area contributed by atoms with Gasteiger partial charge in [0.05, 0.1) is 20.3 Å². The first kappa shape index (κ1) is 28.2. The molecular formula is C30H41N3O4. The van der Waals surface area contributed by atoms with Gasteiger partial charge in [-0.05, 0) is 41.9 Å². The molecule has 0 spiro atoms. The minimum Gasteiger partial charge on any atom is -0.493 e. The lowest BCUT2D eigenvalue weighted by Gasteiger charge is -2.25. The first-order valence-corrected chi connectivity index (χ1v) is 13.1. The van der Waals surface area contributed by atoms with E-state index in [1.807, 2.05) is 29.2 Å². The summed E-state index contributed by atoms with van der Waals surface area (Å²) in [6, 6.07) is 13.8. The first-order chi connectivity index (χ1) is 17.6. The first-order valence-electron chi connectivity index (χ1n) is 13.1. The highest BCUT2D eigenvalue weighted by atomic mass is 16.5. The zero-order chi connectivity index (χ0) is 27.2. The van der Waals surface area contributed by atoms with Crippen LogP contribution in [0.5, 0.6) is 11.5 Å². The predicted molar refractivity (Wildman–Crippen MR) is 147 cm³/mol. The molecule has 3 N–H and O–H groups in total. The number of rotatable bonds is 12. The van der Waals surface area contributed by atoms with Crippen LogP contribution in [0.25, 0.3) is 0 Å². The van der Waals surface area contributed by atoms with E-state index in [2.05, 4.69) is 39.8 Å². The van der Waals surface area contributed by atoms with Crippen LogP contribution in [-0.4, -0.2) is 49.2 Å². The monoisotopic (exact) mass is 507 g/mol. The van der Waals surface area contributed by atoms with Gasteiger partial charge < -0.3 is 20.1 Å². The Hall–Kier alpha value is -3.35. The number of likely N-dealkylation sites (tertiary alicyclic amines) is 1. The molecule has 2 aromatic carbocycles. The van der Waals surface area contributed by atoms with Crippen molar-refractivity contribution in [2.24, 2.45) is 11.7 Å². The second-order valence-electron chi connectivity index (χ2n) is 10.8. The molecule has 2 aromatic rings. The van der Waals surface area contributed by atoms with Gasteiger partial charge in [-0.2, -0.15) is 0 Å². The molecule has 7 heteroatoms. The number of carbonyl (C=O) groups excluding carboxylic acids is 2. The fraction of sp³-hybridized carbons (Fsp3) is 0.500. The Balaban J connectivity index is 1.87. The van der Waals surface area contributed by atoms with Gasteiger partial charge in [0.25, 0.3) is 0 Å². The molecule has 1 heterocycles. The number of methoxy groups -OCH3 is 1. The third-order valence-corrected chi connectivity index (χ3v) is 6.93. The van der Waals surface area contributed by atoms with Crippen LogP contribution in [-0.2, 0) is 10.2 Å². The second-order valence-corrected chi connectivity index (χ2v) is 10.8. The van der Waals surface area contributed by atoms with Gasteiger partial charge in [0, 0.05) is 30.0 Å². The number of nitrogens with two attached hydrogens (primary N) is 1. The molecule has 2 unspecified atom stereocenters. The quantitative estimate of drug-likeness (QED) is 0.299. The van der Waals surface area contributed by atoms with Crippen molar-refractivity contribution in [1.29, 1.82) is 5.41 Å². The van der Waals surface area contributed by atoms with Crippen LogP contribution in [0.15, 0.2) is 42.5 Å². The standard InChI is InChI=1S/C30H41N3O4/c1-6-11-21-18-33(29(32)27(21)20-12-8-7-9-13-20)19-24(34)22-16-23(30(2,3)4)28(36-5)25(17-22)37-15-10-14-26(31)35/h7-9,12-13,16-17,21,27,32H,6,10-11,14-15,18-19H2,1-5H3,(H2,31,35). The molecule has 0 aromatic heterocycles. The van der Waals surface area contributed by atoms with E-state index >= 15 is 0 Å². The fourth-order valence-electron chi connectivity index (χ4n) is 5.11. The van der Waals surface area contributed by atoms with Crippen molar-refractivity contribution < 1.29 is 19.1 Å². The maximum atomic E-state index is 13.6. The smallest absolute Gasteiger partial charge is 0.217 e. The minimum absolute atomic E-state index is 0.000830. The van der Waals surface area contributed by atoms with E-state index in [9.17, 15) is 9.59 Å². The minimum atomic E-state index is -0.377. The van der Waals surface area contributed by atoms with E-state index in [-0.39, 0.29) is 42.6 Å². The number of amidine groups is 1. The summed E-state index contributed by atoms with van der Waals surface area (Å²) in [5, 5.41) is 8.95. The molecule has 1 aliphatic rings. The van der Waals surface area contributed by atoms with E-state index < -0.39 is 0 Å². The van der Waals surface area contributed by atoms with Crippen molar-refractivity contribution in [2.45, 2.75) is 64.7 Å². The average molecular weight is 508 g/mol. The van der Waals surface area contributed by atoms with Gasteiger partial charge >= 0.3 is 0 Å². The van der Waals surface area contributed by atoms with E-state index in [4.69, 9.17) is 20.6 Å². The molecule has 1 amide bonds.